The predicted octanol–water partition coefficient (Wildman–Crippen LogP) is 12.6. The van der Waals surface area contributed by atoms with Crippen LogP contribution in [0.5, 0.6) is 0 Å². The Balaban J connectivity index is 1.06. The van der Waals surface area contributed by atoms with Crippen molar-refractivity contribution in [2.45, 2.75) is 0 Å². The highest BCUT2D eigenvalue weighted by atomic mass is 32.1. The lowest BCUT2D eigenvalue weighted by Crippen LogP contribution is -1.94. The molecule has 0 saturated heterocycles. The van der Waals surface area contributed by atoms with Gasteiger partial charge in [0.05, 0.1) is 26.9 Å². The second kappa shape index (κ2) is 11.7. The van der Waals surface area contributed by atoms with E-state index in [-0.39, 0.29) is 0 Å². The zero-order valence-corrected chi connectivity index (χ0v) is 27.8. The van der Waals surface area contributed by atoms with E-state index in [1.165, 1.54) is 48.8 Å². The van der Waals surface area contributed by atoms with Crippen LogP contribution < -0.4 is 0 Å². The van der Waals surface area contributed by atoms with Crippen LogP contribution >= 0.6 is 11.3 Å². The quantitative estimate of drug-likeness (QED) is 0.185. The minimum Gasteiger partial charge on any atom is -0.309 e. The standard InChI is InChI=1S/C46H29N3S/c1-2-11-30(12-3-1)31-23-25-32(26-24-31)37-19-10-20-40-44-46(50-45(37)40)43(47-29-48-44)35-15-8-13-33(27-35)34-14-9-16-36(28-34)49-41-21-6-4-17-38(41)39-18-5-7-22-42(39)49/h1-29H. The number of hydrogen-bond donors (Lipinski definition) is 0. The Bertz CT molecular complexity index is 2810. The third kappa shape index (κ3) is 4.65. The molecule has 0 unspecified atom stereocenters. The first kappa shape index (κ1) is 28.6. The average molecular weight is 656 g/mol. The number of hydrogen-bond acceptors (Lipinski definition) is 3. The fourth-order valence-corrected chi connectivity index (χ4v) is 8.68. The van der Waals surface area contributed by atoms with Gasteiger partial charge in [0.1, 0.15) is 6.33 Å². The Morgan fingerprint density at radius 3 is 1.76 bits per heavy atom. The summed E-state index contributed by atoms with van der Waals surface area (Å²) in [6.45, 7) is 0. The maximum Gasteiger partial charge on any atom is 0.116 e. The summed E-state index contributed by atoms with van der Waals surface area (Å²) < 4.78 is 4.70. The topological polar surface area (TPSA) is 30.7 Å². The number of aromatic nitrogens is 3. The number of fused-ring (bicyclic) bond motifs is 6. The van der Waals surface area contributed by atoms with Gasteiger partial charge in [-0.05, 0) is 63.7 Å². The third-order valence-corrected chi connectivity index (χ3v) is 11.0. The second-order valence-electron chi connectivity index (χ2n) is 12.6. The molecule has 234 valence electrons. The number of rotatable bonds is 5. The molecular formula is C46H29N3S. The number of para-hydroxylation sites is 2. The smallest absolute Gasteiger partial charge is 0.116 e. The molecule has 0 fully saturated rings. The van der Waals surface area contributed by atoms with E-state index in [0.717, 1.165) is 43.7 Å². The van der Waals surface area contributed by atoms with Gasteiger partial charge in [0, 0.05) is 32.1 Å². The van der Waals surface area contributed by atoms with Gasteiger partial charge < -0.3 is 4.57 Å². The molecule has 0 radical (unpaired) electrons. The molecule has 0 saturated carbocycles. The van der Waals surface area contributed by atoms with Crippen molar-refractivity contribution in [1.82, 2.24) is 14.5 Å². The number of benzene rings is 7. The molecule has 0 bridgehead atoms. The van der Waals surface area contributed by atoms with Crippen LogP contribution in [0, 0.1) is 0 Å². The minimum absolute atomic E-state index is 0.960. The normalized spacial score (nSPS) is 11.6. The van der Waals surface area contributed by atoms with Gasteiger partial charge >= 0.3 is 0 Å². The number of nitrogens with zero attached hydrogens (tertiary/aromatic N) is 3. The molecule has 7 aromatic carbocycles. The molecule has 3 aromatic heterocycles. The molecule has 3 nitrogen and oxygen atoms in total. The van der Waals surface area contributed by atoms with Crippen LogP contribution in [0.25, 0.3) is 92.4 Å². The van der Waals surface area contributed by atoms with Gasteiger partial charge in [-0.25, -0.2) is 9.97 Å². The largest absolute Gasteiger partial charge is 0.309 e. The van der Waals surface area contributed by atoms with E-state index in [4.69, 9.17) is 9.97 Å². The van der Waals surface area contributed by atoms with Crippen LogP contribution in [-0.2, 0) is 0 Å². The Morgan fingerprint density at radius 1 is 0.400 bits per heavy atom. The van der Waals surface area contributed by atoms with E-state index < -0.39 is 0 Å². The van der Waals surface area contributed by atoms with E-state index in [1.54, 1.807) is 17.7 Å². The van der Waals surface area contributed by atoms with Crippen LogP contribution in [0.15, 0.2) is 176 Å². The summed E-state index contributed by atoms with van der Waals surface area (Å²) in [7, 11) is 0. The van der Waals surface area contributed by atoms with Crippen LogP contribution in [0.3, 0.4) is 0 Å². The first-order chi connectivity index (χ1) is 24.8. The van der Waals surface area contributed by atoms with Crippen molar-refractivity contribution in [3.05, 3.63) is 176 Å². The summed E-state index contributed by atoms with van der Waals surface area (Å²) in [6.07, 6.45) is 1.71. The van der Waals surface area contributed by atoms with Crippen molar-refractivity contribution in [3.63, 3.8) is 0 Å². The minimum atomic E-state index is 0.960. The molecular weight excluding hydrogens is 627 g/mol. The van der Waals surface area contributed by atoms with Crippen LogP contribution in [-0.4, -0.2) is 14.5 Å². The highest BCUT2D eigenvalue weighted by Gasteiger charge is 2.17. The van der Waals surface area contributed by atoms with Crippen molar-refractivity contribution < 1.29 is 0 Å². The van der Waals surface area contributed by atoms with Gasteiger partial charge in [0.2, 0.25) is 0 Å². The SMILES string of the molecule is c1ccc(-c2ccc(-c3cccc4c3sc3c(-c5cccc(-c6cccc(-n7c8ccccc8c8ccccc87)c6)c5)ncnc34)cc2)cc1. The molecule has 0 atom stereocenters. The van der Waals surface area contributed by atoms with Gasteiger partial charge in [-0.1, -0.05) is 140 Å². The zero-order chi connectivity index (χ0) is 33.0. The van der Waals surface area contributed by atoms with Gasteiger partial charge in [-0.15, -0.1) is 11.3 Å². The van der Waals surface area contributed by atoms with Crippen LogP contribution in [0.4, 0.5) is 0 Å². The van der Waals surface area contributed by atoms with Crippen molar-refractivity contribution >= 4 is 53.4 Å². The summed E-state index contributed by atoms with van der Waals surface area (Å²) in [5.41, 5.74) is 13.8. The zero-order valence-electron chi connectivity index (χ0n) is 27.0. The van der Waals surface area contributed by atoms with Gasteiger partial charge in [-0.3, -0.25) is 0 Å². The monoisotopic (exact) mass is 655 g/mol. The van der Waals surface area contributed by atoms with Gasteiger partial charge in [0.25, 0.3) is 0 Å². The molecule has 3 heterocycles. The lowest BCUT2D eigenvalue weighted by molar-refractivity contribution is 1.18. The molecule has 0 N–H and O–H groups in total. The lowest BCUT2D eigenvalue weighted by atomic mass is 9.99. The molecule has 0 amide bonds. The van der Waals surface area contributed by atoms with E-state index in [2.05, 4.69) is 174 Å². The van der Waals surface area contributed by atoms with E-state index in [1.807, 2.05) is 0 Å². The maximum absolute atomic E-state index is 4.88. The van der Waals surface area contributed by atoms with Crippen molar-refractivity contribution in [2.24, 2.45) is 0 Å². The van der Waals surface area contributed by atoms with E-state index >= 15 is 0 Å². The molecule has 4 heteroatoms. The molecule has 10 rings (SSSR count). The molecule has 50 heavy (non-hydrogen) atoms. The van der Waals surface area contributed by atoms with Crippen LogP contribution in [0.1, 0.15) is 0 Å². The number of thiophene rings is 1. The van der Waals surface area contributed by atoms with Crippen molar-refractivity contribution in [3.8, 4) is 50.3 Å². The van der Waals surface area contributed by atoms with Crippen molar-refractivity contribution in [2.75, 3.05) is 0 Å². The fourth-order valence-electron chi connectivity index (χ4n) is 7.37. The summed E-state index contributed by atoms with van der Waals surface area (Å²) in [4.78, 5) is 9.69. The predicted molar refractivity (Wildman–Crippen MR) is 211 cm³/mol. The molecule has 0 spiro atoms. The third-order valence-electron chi connectivity index (χ3n) is 9.73. The first-order valence-corrected chi connectivity index (χ1v) is 17.6. The van der Waals surface area contributed by atoms with Crippen LogP contribution in [0.2, 0.25) is 0 Å². The van der Waals surface area contributed by atoms with Gasteiger partial charge in [-0.2, -0.15) is 0 Å². The Labute approximate surface area is 293 Å². The van der Waals surface area contributed by atoms with E-state index in [0.29, 0.717) is 0 Å². The van der Waals surface area contributed by atoms with Gasteiger partial charge in [0.15, 0.2) is 0 Å². The summed E-state index contributed by atoms with van der Waals surface area (Å²) in [5.74, 6) is 0. The molecule has 0 aliphatic rings. The second-order valence-corrected chi connectivity index (χ2v) is 13.6. The molecule has 0 aliphatic heterocycles. The Morgan fingerprint density at radius 2 is 0.980 bits per heavy atom. The summed E-state index contributed by atoms with van der Waals surface area (Å²) in [5, 5.41) is 3.69. The molecule has 10 aromatic rings. The Hall–Kier alpha value is -6.36. The first-order valence-electron chi connectivity index (χ1n) is 16.8. The maximum atomic E-state index is 4.88. The Kier molecular flexibility index (Phi) is 6.68. The highest BCUT2D eigenvalue weighted by Crippen LogP contribution is 2.43. The fraction of sp³-hybridized carbons (Fsp3) is 0. The average Bonchev–Trinajstić information content (AvgIpc) is 3.75. The molecule has 0 aliphatic carbocycles. The summed E-state index contributed by atoms with van der Waals surface area (Å²) in [6, 6.07) is 60.8. The van der Waals surface area contributed by atoms with E-state index in [9.17, 15) is 0 Å². The summed E-state index contributed by atoms with van der Waals surface area (Å²) >= 11 is 1.78. The highest BCUT2D eigenvalue weighted by molar-refractivity contribution is 7.26. The van der Waals surface area contributed by atoms with Crippen molar-refractivity contribution in [1.29, 1.82) is 0 Å². The lowest BCUT2D eigenvalue weighted by Gasteiger charge is -2.11.